The van der Waals surface area contributed by atoms with E-state index in [2.05, 4.69) is 22.1 Å². The number of nitrogens with zero attached hydrogens (tertiary/aromatic N) is 2. The molecule has 132 valence electrons. The van der Waals surface area contributed by atoms with Crippen LogP contribution in [0.25, 0.3) is 0 Å². The van der Waals surface area contributed by atoms with Gasteiger partial charge in [-0.3, -0.25) is 4.79 Å². The van der Waals surface area contributed by atoms with Gasteiger partial charge in [-0.1, -0.05) is 6.92 Å². The maximum atomic E-state index is 11.9. The van der Waals surface area contributed by atoms with Gasteiger partial charge < -0.3 is 20.4 Å². The van der Waals surface area contributed by atoms with Crippen molar-refractivity contribution in [2.24, 2.45) is 5.92 Å². The van der Waals surface area contributed by atoms with Crippen molar-refractivity contribution in [3.63, 3.8) is 0 Å². The van der Waals surface area contributed by atoms with Crippen molar-refractivity contribution < 1.29 is 9.53 Å². The second kappa shape index (κ2) is 7.64. The largest absolute Gasteiger partial charge is 0.459 e. The SMILES string of the molecule is CC1CCN(c2ccc(C=N)c(NCC(=O)OC(C)(C)C)n2)CC1. The third kappa shape index (κ3) is 5.22. The van der Waals surface area contributed by atoms with E-state index in [9.17, 15) is 4.79 Å². The van der Waals surface area contributed by atoms with Crippen LogP contribution in [-0.2, 0) is 9.53 Å². The van der Waals surface area contributed by atoms with Crippen LogP contribution in [0.3, 0.4) is 0 Å². The molecule has 0 spiro atoms. The zero-order valence-electron chi connectivity index (χ0n) is 15.1. The summed E-state index contributed by atoms with van der Waals surface area (Å²) in [7, 11) is 0. The highest BCUT2D eigenvalue weighted by Gasteiger charge is 2.19. The highest BCUT2D eigenvalue weighted by atomic mass is 16.6. The molecule has 0 saturated carbocycles. The lowest BCUT2D eigenvalue weighted by molar-refractivity contribution is -0.152. The van der Waals surface area contributed by atoms with Gasteiger partial charge in [-0.2, -0.15) is 0 Å². The van der Waals surface area contributed by atoms with Crippen LogP contribution in [0.5, 0.6) is 0 Å². The zero-order chi connectivity index (χ0) is 17.7. The number of hydrogen-bond donors (Lipinski definition) is 2. The molecule has 0 bridgehead atoms. The first-order valence-corrected chi connectivity index (χ1v) is 8.50. The second-order valence-corrected chi connectivity index (χ2v) is 7.36. The summed E-state index contributed by atoms with van der Waals surface area (Å²) < 4.78 is 5.29. The fourth-order valence-electron chi connectivity index (χ4n) is 2.66. The Labute approximate surface area is 144 Å². The standard InChI is InChI=1S/C18H28N4O2/c1-13-7-9-22(10-8-13)15-6-5-14(11-19)17(21-15)20-12-16(23)24-18(2,3)4/h5-6,11,13,19H,7-10,12H2,1-4H3,(H,20,21). The zero-order valence-corrected chi connectivity index (χ0v) is 15.1. The van der Waals surface area contributed by atoms with Crippen molar-refractivity contribution in [3.8, 4) is 0 Å². The molecular formula is C18H28N4O2. The molecular weight excluding hydrogens is 304 g/mol. The summed E-state index contributed by atoms with van der Waals surface area (Å²) in [5, 5.41) is 10.5. The van der Waals surface area contributed by atoms with Gasteiger partial charge in [0.2, 0.25) is 0 Å². The van der Waals surface area contributed by atoms with E-state index in [-0.39, 0.29) is 12.5 Å². The van der Waals surface area contributed by atoms with Crippen LogP contribution >= 0.6 is 0 Å². The minimum atomic E-state index is -0.511. The molecule has 1 fully saturated rings. The first-order valence-electron chi connectivity index (χ1n) is 8.50. The number of carbonyl (C=O) groups excluding carboxylic acids is 1. The van der Waals surface area contributed by atoms with Crippen LogP contribution in [0.1, 0.15) is 46.1 Å². The molecule has 6 heteroatoms. The van der Waals surface area contributed by atoms with E-state index in [1.54, 1.807) is 0 Å². The number of nitrogens with one attached hydrogen (secondary N) is 2. The summed E-state index contributed by atoms with van der Waals surface area (Å²) in [5.41, 5.74) is 0.149. The summed E-state index contributed by atoms with van der Waals surface area (Å²) in [5.74, 6) is 1.86. The fraction of sp³-hybridized carbons (Fsp3) is 0.611. The number of hydrogen-bond acceptors (Lipinski definition) is 6. The van der Waals surface area contributed by atoms with E-state index in [4.69, 9.17) is 10.1 Å². The van der Waals surface area contributed by atoms with Gasteiger partial charge in [-0.15, -0.1) is 0 Å². The van der Waals surface area contributed by atoms with Gasteiger partial charge in [-0.25, -0.2) is 4.98 Å². The molecule has 1 aliphatic rings. The van der Waals surface area contributed by atoms with Gasteiger partial charge >= 0.3 is 5.97 Å². The molecule has 2 heterocycles. The molecule has 6 nitrogen and oxygen atoms in total. The van der Waals surface area contributed by atoms with Gasteiger partial charge in [0.25, 0.3) is 0 Å². The summed E-state index contributed by atoms with van der Waals surface area (Å²) >= 11 is 0. The van der Waals surface area contributed by atoms with Gasteiger partial charge in [0, 0.05) is 24.9 Å². The minimum absolute atomic E-state index is 0.0333. The van der Waals surface area contributed by atoms with Crippen LogP contribution in [0.15, 0.2) is 12.1 Å². The van der Waals surface area contributed by atoms with E-state index >= 15 is 0 Å². The highest BCUT2D eigenvalue weighted by molar-refractivity contribution is 5.86. The lowest BCUT2D eigenvalue weighted by atomic mass is 9.99. The summed E-state index contributed by atoms with van der Waals surface area (Å²) in [4.78, 5) is 18.7. The lowest BCUT2D eigenvalue weighted by Crippen LogP contribution is -2.33. The van der Waals surface area contributed by atoms with Crippen molar-refractivity contribution in [1.29, 1.82) is 5.41 Å². The third-order valence-corrected chi connectivity index (χ3v) is 4.00. The monoisotopic (exact) mass is 332 g/mol. The first-order chi connectivity index (χ1) is 11.3. The number of carbonyl (C=O) groups is 1. The topological polar surface area (TPSA) is 78.3 Å². The maximum absolute atomic E-state index is 11.9. The normalized spacial score (nSPS) is 15.9. The molecule has 1 aliphatic heterocycles. The Balaban J connectivity index is 2.06. The number of piperidine rings is 1. The fourth-order valence-corrected chi connectivity index (χ4v) is 2.66. The molecule has 1 aromatic rings. The number of esters is 1. The van der Waals surface area contributed by atoms with Gasteiger partial charge in [0.05, 0.1) is 0 Å². The Morgan fingerprint density at radius 2 is 2.08 bits per heavy atom. The quantitative estimate of drug-likeness (QED) is 0.640. The Hall–Kier alpha value is -2.11. The molecule has 0 aliphatic carbocycles. The number of rotatable bonds is 5. The van der Waals surface area contributed by atoms with E-state index < -0.39 is 5.60 Å². The predicted molar refractivity (Wildman–Crippen MR) is 97.1 cm³/mol. The van der Waals surface area contributed by atoms with Crippen LogP contribution in [0.2, 0.25) is 0 Å². The molecule has 0 atom stereocenters. The van der Waals surface area contributed by atoms with Gasteiger partial charge in [0.1, 0.15) is 23.8 Å². The van der Waals surface area contributed by atoms with Crippen molar-refractivity contribution >= 4 is 23.8 Å². The average molecular weight is 332 g/mol. The van der Waals surface area contributed by atoms with E-state index in [0.717, 1.165) is 37.7 Å². The maximum Gasteiger partial charge on any atom is 0.325 e. The van der Waals surface area contributed by atoms with Crippen molar-refractivity contribution in [1.82, 2.24) is 4.98 Å². The second-order valence-electron chi connectivity index (χ2n) is 7.36. The van der Waals surface area contributed by atoms with Crippen LogP contribution in [0.4, 0.5) is 11.6 Å². The highest BCUT2D eigenvalue weighted by Crippen LogP contribution is 2.24. The molecule has 24 heavy (non-hydrogen) atoms. The van der Waals surface area contributed by atoms with Crippen molar-refractivity contribution in [3.05, 3.63) is 17.7 Å². The Kier molecular flexibility index (Phi) is 5.80. The minimum Gasteiger partial charge on any atom is -0.459 e. The van der Waals surface area contributed by atoms with Crippen LogP contribution < -0.4 is 10.2 Å². The van der Waals surface area contributed by atoms with Gasteiger partial charge in [-0.05, 0) is 51.7 Å². The van der Waals surface area contributed by atoms with Crippen LogP contribution in [0, 0.1) is 11.3 Å². The molecule has 0 unspecified atom stereocenters. The Morgan fingerprint density at radius 3 is 2.67 bits per heavy atom. The molecule has 0 radical (unpaired) electrons. The first kappa shape index (κ1) is 18.2. The van der Waals surface area contributed by atoms with Gasteiger partial charge in [0.15, 0.2) is 0 Å². The number of aromatic nitrogens is 1. The number of anilines is 2. The smallest absolute Gasteiger partial charge is 0.325 e. The van der Waals surface area contributed by atoms with E-state index in [0.29, 0.717) is 11.4 Å². The predicted octanol–water partition coefficient (Wildman–Crippen LogP) is 3.07. The molecule has 2 rings (SSSR count). The molecule has 1 saturated heterocycles. The Bertz CT molecular complexity index is 587. The third-order valence-electron chi connectivity index (χ3n) is 4.00. The van der Waals surface area contributed by atoms with Crippen LogP contribution in [-0.4, -0.2) is 42.4 Å². The molecule has 1 aromatic heterocycles. The number of pyridine rings is 1. The Morgan fingerprint density at radius 1 is 1.42 bits per heavy atom. The number of ether oxygens (including phenoxy) is 1. The average Bonchev–Trinajstić information content (AvgIpc) is 2.52. The molecule has 2 N–H and O–H groups in total. The summed E-state index contributed by atoms with van der Waals surface area (Å²) in [6, 6.07) is 3.81. The molecule has 0 amide bonds. The lowest BCUT2D eigenvalue weighted by Gasteiger charge is -2.31. The van der Waals surface area contributed by atoms with E-state index in [1.165, 1.54) is 6.21 Å². The summed E-state index contributed by atoms with van der Waals surface area (Å²) in [6.07, 6.45) is 3.57. The van der Waals surface area contributed by atoms with E-state index in [1.807, 2.05) is 32.9 Å². The summed E-state index contributed by atoms with van der Waals surface area (Å²) in [6.45, 7) is 9.80. The van der Waals surface area contributed by atoms with Crippen molar-refractivity contribution in [2.75, 3.05) is 29.9 Å². The molecule has 0 aromatic carbocycles. The van der Waals surface area contributed by atoms with Crippen molar-refractivity contribution in [2.45, 2.75) is 46.1 Å².